The molecule has 31 heavy (non-hydrogen) atoms. The molecule has 0 atom stereocenters. The molecule has 9 nitrogen and oxygen atoms in total. The standard InChI is InChI=1S/C20H18I2N6O3/c21-15-11-13(7-9-17(15)25-27-23)3-1-5-19(29)31-20(30)6-2-4-14-8-10-18(26-28-24)16(22)12-14/h7-12H,1-6H2. The van der Waals surface area contributed by atoms with E-state index in [4.69, 9.17) is 15.8 Å². The third-order valence-electron chi connectivity index (χ3n) is 4.25. The zero-order valence-corrected chi connectivity index (χ0v) is 20.7. The molecule has 0 saturated carbocycles. The molecule has 2 aromatic carbocycles. The van der Waals surface area contributed by atoms with Gasteiger partial charge in [-0.25, -0.2) is 0 Å². The molecule has 2 aromatic rings. The minimum Gasteiger partial charge on any atom is -0.393 e. The van der Waals surface area contributed by atoms with Gasteiger partial charge in [0.15, 0.2) is 0 Å². The molecule has 2 rings (SSSR count). The van der Waals surface area contributed by atoms with Gasteiger partial charge in [-0.2, -0.15) is 0 Å². The Bertz CT molecular complexity index is 979. The van der Waals surface area contributed by atoms with Crippen molar-refractivity contribution in [3.8, 4) is 0 Å². The number of benzene rings is 2. The van der Waals surface area contributed by atoms with Crippen LogP contribution >= 0.6 is 45.2 Å². The zero-order valence-electron chi connectivity index (χ0n) is 16.4. The number of aryl methyl sites for hydroxylation is 2. The Kier molecular flexibility index (Phi) is 10.6. The number of carbonyl (C=O) groups excluding carboxylic acids is 2. The molecule has 0 N–H and O–H groups in total. The summed E-state index contributed by atoms with van der Waals surface area (Å²) >= 11 is 4.19. The smallest absolute Gasteiger partial charge is 0.313 e. The van der Waals surface area contributed by atoms with Crippen LogP contribution in [0.3, 0.4) is 0 Å². The van der Waals surface area contributed by atoms with Crippen LogP contribution in [-0.4, -0.2) is 11.9 Å². The summed E-state index contributed by atoms with van der Waals surface area (Å²) in [4.78, 5) is 29.3. The molecule has 160 valence electrons. The van der Waals surface area contributed by atoms with Crippen LogP contribution < -0.4 is 0 Å². The van der Waals surface area contributed by atoms with Crippen LogP contribution in [0.5, 0.6) is 0 Å². The first-order valence-electron chi connectivity index (χ1n) is 9.33. The average molecular weight is 644 g/mol. The van der Waals surface area contributed by atoms with Crippen LogP contribution in [0, 0.1) is 7.14 Å². The van der Waals surface area contributed by atoms with Gasteiger partial charge in [0.05, 0.1) is 11.4 Å². The maximum atomic E-state index is 11.9. The summed E-state index contributed by atoms with van der Waals surface area (Å²) in [5, 5.41) is 7.18. The van der Waals surface area contributed by atoms with Gasteiger partial charge in [-0.15, -0.1) is 0 Å². The highest BCUT2D eigenvalue weighted by atomic mass is 127. The minimum absolute atomic E-state index is 0.152. The van der Waals surface area contributed by atoms with E-state index < -0.39 is 11.9 Å². The molecule has 0 aliphatic rings. The van der Waals surface area contributed by atoms with Gasteiger partial charge in [-0.1, -0.05) is 34.5 Å². The van der Waals surface area contributed by atoms with Crippen molar-refractivity contribution in [3.05, 3.63) is 75.6 Å². The summed E-state index contributed by atoms with van der Waals surface area (Å²) in [6.07, 6.45) is 2.72. The van der Waals surface area contributed by atoms with E-state index in [1.54, 1.807) is 12.1 Å². The van der Waals surface area contributed by atoms with E-state index in [9.17, 15) is 9.59 Å². The molecule has 0 aliphatic carbocycles. The Morgan fingerprint density at radius 3 is 1.58 bits per heavy atom. The molecule has 0 radical (unpaired) electrons. The van der Waals surface area contributed by atoms with Crippen molar-refractivity contribution in [2.45, 2.75) is 38.5 Å². The van der Waals surface area contributed by atoms with Gasteiger partial charge in [0.2, 0.25) is 0 Å². The van der Waals surface area contributed by atoms with Crippen molar-refractivity contribution in [3.63, 3.8) is 0 Å². The minimum atomic E-state index is -0.529. The van der Waals surface area contributed by atoms with E-state index in [1.807, 2.05) is 24.3 Å². The summed E-state index contributed by atoms with van der Waals surface area (Å²) in [5.41, 5.74) is 20.2. The zero-order chi connectivity index (χ0) is 22.6. The summed E-state index contributed by atoms with van der Waals surface area (Å²) in [5.74, 6) is -1.06. The number of esters is 2. The van der Waals surface area contributed by atoms with Crippen LogP contribution in [-0.2, 0) is 27.2 Å². The Morgan fingerprint density at radius 2 is 1.23 bits per heavy atom. The number of carbonyl (C=O) groups is 2. The molecule has 11 heteroatoms. The van der Waals surface area contributed by atoms with Crippen molar-refractivity contribution in [1.82, 2.24) is 0 Å². The molecule has 0 aliphatic heterocycles. The highest BCUT2D eigenvalue weighted by Gasteiger charge is 2.11. The van der Waals surface area contributed by atoms with Crippen LogP contribution in [0.25, 0.3) is 20.9 Å². The molecule has 0 amide bonds. The highest BCUT2D eigenvalue weighted by molar-refractivity contribution is 14.1. The fourth-order valence-electron chi connectivity index (χ4n) is 2.77. The predicted octanol–water partition coefficient (Wildman–Crippen LogP) is 7.19. The third-order valence-corrected chi connectivity index (χ3v) is 5.98. The molecule has 0 spiro atoms. The van der Waals surface area contributed by atoms with E-state index in [0.717, 1.165) is 18.3 Å². The van der Waals surface area contributed by atoms with Crippen molar-refractivity contribution < 1.29 is 14.3 Å². The van der Waals surface area contributed by atoms with Gasteiger partial charge in [0.1, 0.15) is 0 Å². The quantitative estimate of drug-likeness (QED) is 0.0675. The molecule has 0 fully saturated rings. The van der Waals surface area contributed by atoms with Gasteiger partial charge in [0.25, 0.3) is 0 Å². The lowest BCUT2D eigenvalue weighted by molar-refractivity contribution is -0.159. The average Bonchev–Trinajstić information content (AvgIpc) is 2.72. The summed E-state index contributed by atoms with van der Waals surface area (Å²) in [6, 6.07) is 11.0. The van der Waals surface area contributed by atoms with Crippen LogP contribution in [0.15, 0.2) is 46.6 Å². The number of hydrogen-bond acceptors (Lipinski definition) is 5. The van der Waals surface area contributed by atoms with Crippen molar-refractivity contribution in [2.75, 3.05) is 0 Å². The first-order valence-corrected chi connectivity index (χ1v) is 11.5. The Morgan fingerprint density at radius 1 is 0.806 bits per heavy atom. The SMILES string of the molecule is [N-]=[N+]=Nc1ccc(CCCC(=O)OC(=O)CCCc2ccc(N=[N+]=[N-])c(I)c2)cc1I. The maximum Gasteiger partial charge on any atom is 0.313 e. The normalized spacial score (nSPS) is 10.0. The summed E-state index contributed by atoms with van der Waals surface area (Å²) in [6.45, 7) is 0. The number of azide groups is 2. The maximum absolute atomic E-state index is 11.9. The van der Waals surface area contributed by atoms with Gasteiger partial charge in [-0.3, -0.25) is 9.59 Å². The highest BCUT2D eigenvalue weighted by Crippen LogP contribution is 2.24. The van der Waals surface area contributed by atoms with Crippen molar-refractivity contribution in [2.24, 2.45) is 10.2 Å². The van der Waals surface area contributed by atoms with Crippen molar-refractivity contribution >= 4 is 68.5 Å². The lowest BCUT2D eigenvalue weighted by Gasteiger charge is -2.06. The fourth-order valence-corrected chi connectivity index (χ4v) is 4.15. The number of nitrogens with zero attached hydrogens (tertiary/aromatic N) is 6. The largest absolute Gasteiger partial charge is 0.393 e. The lowest BCUT2D eigenvalue weighted by Crippen LogP contribution is -2.12. The second-order valence-corrected chi connectivity index (χ2v) is 8.83. The fraction of sp³-hybridized carbons (Fsp3) is 0.300. The van der Waals surface area contributed by atoms with Crippen LogP contribution in [0.2, 0.25) is 0 Å². The van der Waals surface area contributed by atoms with Crippen LogP contribution in [0.1, 0.15) is 36.8 Å². The second-order valence-electron chi connectivity index (χ2n) is 6.50. The monoisotopic (exact) mass is 644 g/mol. The first-order chi connectivity index (χ1) is 14.9. The number of ether oxygens (including phenoxy) is 1. The third kappa shape index (κ3) is 8.74. The van der Waals surface area contributed by atoms with E-state index in [-0.39, 0.29) is 12.8 Å². The van der Waals surface area contributed by atoms with E-state index >= 15 is 0 Å². The van der Waals surface area contributed by atoms with Gasteiger partial charge in [0, 0.05) is 29.8 Å². The number of hydrogen-bond donors (Lipinski definition) is 0. The van der Waals surface area contributed by atoms with Gasteiger partial charge in [-0.05, 0) is 105 Å². The number of rotatable bonds is 10. The van der Waals surface area contributed by atoms with Crippen LogP contribution in [0.4, 0.5) is 11.4 Å². The lowest BCUT2D eigenvalue weighted by atomic mass is 10.1. The second kappa shape index (κ2) is 13.2. The molecular formula is C20H18I2N6O3. The Hall–Kier alpha value is -2.34. The van der Waals surface area contributed by atoms with Gasteiger partial charge >= 0.3 is 11.9 Å². The van der Waals surface area contributed by atoms with E-state index in [1.165, 1.54) is 0 Å². The molecule has 0 unspecified atom stereocenters. The molecule has 0 heterocycles. The van der Waals surface area contributed by atoms with E-state index in [0.29, 0.717) is 37.1 Å². The summed E-state index contributed by atoms with van der Waals surface area (Å²) in [7, 11) is 0. The van der Waals surface area contributed by atoms with Crippen molar-refractivity contribution in [1.29, 1.82) is 0 Å². The predicted molar refractivity (Wildman–Crippen MR) is 133 cm³/mol. The molecular weight excluding hydrogens is 626 g/mol. The van der Waals surface area contributed by atoms with E-state index in [2.05, 4.69) is 65.2 Å². The number of halogens is 2. The summed E-state index contributed by atoms with van der Waals surface area (Å²) < 4.78 is 6.57. The topological polar surface area (TPSA) is 141 Å². The Labute approximate surface area is 206 Å². The first kappa shape index (κ1) is 24.9. The molecule has 0 bridgehead atoms. The molecule has 0 saturated heterocycles. The Balaban J connectivity index is 1.70. The molecule has 0 aromatic heterocycles. The van der Waals surface area contributed by atoms with Gasteiger partial charge < -0.3 is 4.74 Å².